The van der Waals surface area contributed by atoms with E-state index in [-0.39, 0.29) is 11.7 Å². The molecule has 148 valence electrons. The molecule has 2 aromatic carbocycles. The molecule has 0 spiro atoms. The summed E-state index contributed by atoms with van der Waals surface area (Å²) in [6.45, 7) is 2.35. The first-order valence-corrected chi connectivity index (χ1v) is 9.89. The van der Waals surface area contributed by atoms with Gasteiger partial charge in [0, 0.05) is 43.2 Å². The molecule has 6 heteroatoms. The molecule has 2 heterocycles. The number of anilines is 1. The first kappa shape index (κ1) is 19.1. The number of aromatic nitrogens is 2. The summed E-state index contributed by atoms with van der Waals surface area (Å²) in [6, 6.07) is 13.5. The van der Waals surface area contributed by atoms with Crippen LogP contribution in [-0.4, -0.2) is 29.0 Å². The van der Waals surface area contributed by atoms with Crippen molar-refractivity contribution in [3.05, 3.63) is 77.9 Å². The van der Waals surface area contributed by atoms with E-state index in [1.54, 1.807) is 18.2 Å². The second kappa shape index (κ2) is 8.82. The van der Waals surface area contributed by atoms with Gasteiger partial charge in [-0.2, -0.15) is 0 Å². The van der Waals surface area contributed by atoms with Gasteiger partial charge in [0.25, 0.3) is 5.91 Å². The SMILES string of the molecule is O=C(NCc1ccc(F)cc1)c1cccc(-c2cnc(N3CCCCC3)nc2)c1. The number of carbonyl (C=O) groups is 1. The Morgan fingerprint density at radius 3 is 2.41 bits per heavy atom. The van der Waals surface area contributed by atoms with Gasteiger partial charge >= 0.3 is 0 Å². The largest absolute Gasteiger partial charge is 0.348 e. The highest BCUT2D eigenvalue weighted by Crippen LogP contribution is 2.22. The van der Waals surface area contributed by atoms with Crippen molar-refractivity contribution in [1.82, 2.24) is 15.3 Å². The molecule has 0 unspecified atom stereocenters. The van der Waals surface area contributed by atoms with Crippen molar-refractivity contribution < 1.29 is 9.18 Å². The third-order valence-corrected chi connectivity index (χ3v) is 5.10. The van der Waals surface area contributed by atoms with Crippen molar-refractivity contribution in [2.45, 2.75) is 25.8 Å². The van der Waals surface area contributed by atoms with Crippen molar-refractivity contribution in [3.63, 3.8) is 0 Å². The average Bonchev–Trinajstić information content (AvgIpc) is 2.79. The number of nitrogens with one attached hydrogen (secondary N) is 1. The van der Waals surface area contributed by atoms with Gasteiger partial charge in [0.1, 0.15) is 5.82 Å². The molecule has 0 atom stereocenters. The molecule has 29 heavy (non-hydrogen) atoms. The van der Waals surface area contributed by atoms with Crippen LogP contribution in [0.4, 0.5) is 10.3 Å². The summed E-state index contributed by atoms with van der Waals surface area (Å²) in [5.41, 5.74) is 3.17. The fourth-order valence-corrected chi connectivity index (χ4v) is 3.45. The van der Waals surface area contributed by atoms with Gasteiger partial charge in [-0.15, -0.1) is 0 Å². The highest BCUT2D eigenvalue weighted by atomic mass is 19.1. The van der Waals surface area contributed by atoms with Crippen LogP contribution in [-0.2, 0) is 6.54 Å². The minimum absolute atomic E-state index is 0.179. The summed E-state index contributed by atoms with van der Waals surface area (Å²) < 4.78 is 13.0. The summed E-state index contributed by atoms with van der Waals surface area (Å²) in [5, 5.41) is 2.87. The number of hydrogen-bond acceptors (Lipinski definition) is 4. The average molecular weight is 390 g/mol. The molecular formula is C23H23FN4O. The van der Waals surface area contributed by atoms with Gasteiger partial charge in [0.2, 0.25) is 5.95 Å². The number of amides is 1. The van der Waals surface area contributed by atoms with Gasteiger partial charge in [-0.25, -0.2) is 14.4 Å². The van der Waals surface area contributed by atoms with Crippen LogP contribution in [0.1, 0.15) is 35.2 Å². The molecule has 1 aliphatic heterocycles. The first-order valence-electron chi connectivity index (χ1n) is 9.89. The van der Waals surface area contributed by atoms with E-state index in [1.165, 1.54) is 31.4 Å². The zero-order valence-corrected chi connectivity index (χ0v) is 16.1. The predicted octanol–water partition coefficient (Wildman–Crippen LogP) is 4.20. The molecule has 0 saturated carbocycles. The topological polar surface area (TPSA) is 58.1 Å². The summed E-state index contributed by atoms with van der Waals surface area (Å²) in [4.78, 5) is 23.8. The Balaban J connectivity index is 1.43. The molecular weight excluding hydrogens is 367 g/mol. The van der Waals surface area contributed by atoms with Gasteiger partial charge in [-0.1, -0.05) is 24.3 Å². The van der Waals surface area contributed by atoms with Crippen LogP contribution >= 0.6 is 0 Å². The van der Waals surface area contributed by atoms with Crippen molar-refractivity contribution in [3.8, 4) is 11.1 Å². The first-order chi connectivity index (χ1) is 14.2. The quantitative estimate of drug-likeness (QED) is 0.709. The molecule has 5 nitrogen and oxygen atoms in total. The fraction of sp³-hybridized carbons (Fsp3) is 0.261. The Labute approximate surface area is 169 Å². The zero-order chi connectivity index (χ0) is 20.1. The minimum Gasteiger partial charge on any atom is -0.348 e. The zero-order valence-electron chi connectivity index (χ0n) is 16.1. The van der Waals surface area contributed by atoms with Gasteiger partial charge in [0.05, 0.1) is 0 Å². The molecule has 4 rings (SSSR count). The van der Waals surface area contributed by atoms with Gasteiger partial charge in [-0.3, -0.25) is 4.79 Å². The number of benzene rings is 2. The molecule has 1 fully saturated rings. The van der Waals surface area contributed by atoms with Crippen molar-refractivity contribution in [1.29, 1.82) is 0 Å². The van der Waals surface area contributed by atoms with Crippen LogP contribution < -0.4 is 10.2 Å². The maximum absolute atomic E-state index is 13.0. The summed E-state index contributed by atoms with van der Waals surface area (Å²) in [5.74, 6) is 0.296. The van der Waals surface area contributed by atoms with Crippen LogP contribution in [0.5, 0.6) is 0 Å². The highest BCUT2D eigenvalue weighted by Gasteiger charge is 2.14. The number of piperidine rings is 1. The highest BCUT2D eigenvalue weighted by molar-refractivity contribution is 5.95. The van der Waals surface area contributed by atoms with E-state index >= 15 is 0 Å². The molecule has 1 saturated heterocycles. The molecule has 1 aromatic heterocycles. The van der Waals surface area contributed by atoms with E-state index in [9.17, 15) is 9.18 Å². The van der Waals surface area contributed by atoms with Crippen molar-refractivity contribution in [2.75, 3.05) is 18.0 Å². The van der Waals surface area contributed by atoms with Gasteiger partial charge in [-0.05, 0) is 54.7 Å². The molecule has 1 aliphatic rings. The lowest BCUT2D eigenvalue weighted by Gasteiger charge is -2.26. The molecule has 1 N–H and O–H groups in total. The number of nitrogens with zero attached hydrogens (tertiary/aromatic N) is 3. The van der Waals surface area contributed by atoms with E-state index in [2.05, 4.69) is 20.2 Å². The minimum atomic E-state index is -0.290. The van der Waals surface area contributed by atoms with Crippen LogP contribution in [0, 0.1) is 5.82 Å². The van der Waals surface area contributed by atoms with E-state index < -0.39 is 0 Å². The van der Waals surface area contributed by atoms with E-state index in [0.717, 1.165) is 35.7 Å². The lowest BCUT2D eigenvalue weighted by molar-refractivity contribution is 0.0951. The van der Waals surface area contributed by atoms with Crippen LogP contribution in [0.25, 0.3) is 11.1 Å². The fourth-order valence-electron chi connectivity index (χ4n) is 3.45. The van der Waals surface area contributed by atoms with Crippen molar-refractivity contribution >= 4 is 11.9 Å². The van der Waals surface area contributed by atoms with E-state index in [1.807, 2.05) is 30.6 Å². The number of hydrogen-bond donors (Lipinski definition) is 1. The normalized spacial score (nSPS) is 13.9. The lowest BCUT2D eigenvalue weighted by Crippen LogP contribution is -2.30. The summed E-state index contributed by atoms with van der Waals surface area (Å²) >= 11 is 0. The second-order valence-corrected chi connectivity index (χ2v) is 7.21. The standard InChI is InChI=1S/C23H23FN4O/c24-21-9-7-17(8-10-21)14-25-22(29)19-6-4-5-18(13-19)20-15-26-23(27-16-20)28-11-2-1-3-12-28/h4-10,13,15-16H,1-3,11-12,14H2,(H,25,29). The van der Waals surface area contributed by atoms with E-state index in [0.29, 0.717) is 12.1 Å². The van der Waals surface area contributed by atoms with Gasteiger partial charge in [0.15, 0.2) is 0 Å². The Morgan fingerprint density at radius 1 is 0.966 bits per heavy atom. The number of rotatable bonds is 5. The maximum atomic E-state index is 13.0. The van der Waals surface area contributed by atoms with Crippen LogP contribution in [0.2, 0.25) is 0 Å². The summed E-state index contributed by atoms with van der Waals surface area (Å²) in [6.07, 6.45) is 7.25. The third kappa shape index (κ3) is 4.77. The number of carbonyl (C=O) groups excluding carboxylic acids is 1. The van der Waals surface area contributed by atoms with Crippen LogP contribution in [0.15, 0.2) is 60.9 Å². The van der Waals surface area contributed by atoms with Crippen LogP contribution in [0.3, 0.4) is 0 Å². The molecule has 0 bridgehead atoms. The predicted molar refractivity (Wildman–Crippen MR) is 111 cm³/mol. The molecule has 0 radical (unpaired) electrons. The lowest BCUT2D eigenvalue weighted by atomic mass is 10.1. The molecule has 1 amide bonds. The van der Waals surface area contributed by atoms with E-state index in [4.69, 9.17) is 0 Å². The summed E-state index contributed by atoms with van der Waals surface area (Å²) in [7, 11) is 0. The Hall–Kier alpha value is -3.28. The second-order valence-electron chi connectivity index (χ2n) is 7.21. The monoisotopic (exact) mass is 390 g/mol. The Kier molecular flexibility index (Phi) is 5.79. The third-order valence-electron chi connectivity index (χ3n) is 5.10. The van der Waals surface area contributed by atoms with Gasteiger partial charge < -0.3 is 10.2 Å². The Morgan fingerprint density at radius 2 is 1.69 bits per heavy atom. The Bertz CT molecular complexity index is 967. The van der Waals surface area contributed by atoms with Crippen molar-refractivity contribution in [2.24, 2.45) is 0 Å². The number of halogens is 1. The maximum Gasteiger partial charge on any atom is 0.251 e. The smallest absolute Gasteiger partial charge is 0.251 e. The molecule has 0 aliphatic carbocycles. The molecule has 3 aromatic rings.